The number of carbonyl (C=O) groups excluding carboxylic acids is 1. The average Bonchev–Trinajstić information content (AvgIpc) is 3.42. The van der Waals surface area contributed by atoms with Gasteiger partial charge in [-0.1, -0.05) is 12.1 Å². The zero-order chi connectivity index (χ0) is 30.5. The van der Waals surface area contributed by atoms with Crippen molar-refractivity contribution < 1.29 is 28.5 Å². The van der Waals surface area contributed by atoms with E-state index in [1.165, 1.54) is 16.7 Å². The second-order valence-corrected chi connectivity index (χ2v) is 11.6. The van der Waals surface area contributed by atoms with E-state index < -0.39 is 0 Å². The van der Waals surface area contributed by atoms with Crippen molar-refractivity contribution in [1.82, 2.24) is 10.2 Å². The van der Waals surface area contributed by atoms with Crippen LogP contribution in [0.3, 0.4) is 0 Å². The van der Waals surface area contributed by atoms with Crippen molar-refractivity contribution in [3.05, 3.63) is 76.3 Å². The zero-order valence-corrected chi connectivity index (χ0v) is 26.2. The van der Waals surface area contributed by atoms with Gasteiger partial charge in [0.25, 0.3) is 0 Å². The van der Waals surface area contributed by atoms with Gasteiger partial charge in [-0.05, 0) is 104 Å². The van der Waals surface area contributed by atoms with Crippen LogP contribution in [-0.4, -0.2) is 65.0 Å². The summed E-state index contributed by atoms with van der Waals surface area (Å²) in [6.45, 7) is 5.70. The van der Waals surface area contributed by atoms with Gasteiger partial charge in [-0.3, -0.25) is 9.69 Å². The predicted octanol–water partition coefficient (Wildman–Crippen LogP) is 5.50. The lowest BCUT2D eigenvalue weighted by atomic mass is 9.88. The van der Waals surface area contributed by atoms with Gasteiger partial charge >= 0.3 is 0 Å². The maximum Gasteiger partial charge on any atom is 0.234 e. The molecular formula is C35H44N2O6. The van der Waals surface area contributed by atoms with E-state index in [0.29, 0.717) is 36.9 Å². The Kier molecular flexibility index (Phi) is 9.65. The van der Waals surface area contributed by atoms with E-state index in [2.05, 4.69) is 40.5 Å². The van der Waals surface area contributed by atoms with Gasteiger partial charge in [0.05, 0.1) is 41.1 Å². The molecule has 3 aromatic carbocycles. The lowest BCUT2D eigenvalue weighted by molar-refractivity contribution is -0.123. The maximum absolute atomic E-state index is 13.5. The molecule has 3 aromatic rings. The SMILES string of the molecule is COc1ccc2c(c1)C(CNC(=O)CN1CCc3cc(OC)c(OC(C)C)cc3C1Cc1ccc(OC)c(OC)c1)CC2. The molecule has 0 radical (unpaired) electrons. The fraction of sp³-hybridized carbons (Fsp3) is 0.457. The van der Waals surface area contributed by atoms with Crippen molar-refractivity contribution in [2.75, 3.05) is 48.1 Å². The van der Waals surface area contributed by atoms with Crippen LogP contribution in [0.2, 0.25) is 0 Å². The van der Waals surface area contributed by atoms with E-state index in [4.69, 9.17) is 23.7 Å². The minimum absolute atomic E-state index is 0.00223. The van der Waals surface area contributed by atoms with E-state index in [1.54, 1.807) is 28.4 Å². The number of hydrogen-bond acceptors (Lipinski definition) is 7. The number of methoxy groups -OCH3 is 4. The first-order valence-electron chi connectivity index (χ1n) is 15.1. The van der Waals surface area contributed by atoms with Crippen LogP contribution in [0.25, 0.3) is 0 Å². The van der Waals surface area contributed by atoms with Gasteiger partial charge in [-0.2, -0.15) is 0 Å². The molecule has 2 unspecified atom stereocenters. The summed E-state index contributed by atoms with van der Waals surface area (Å²) in [5, 5.41) is 3.25. The minimum Gasteiger partial charge on any atom is -0.497 e. The molecule has 8 nitrogen and oxygen atoms in total. The average molecular weight is 589 g/mol. The molecule has 5 rings (SSSR count). The van der Waals surface area contributed by atoms with Crippen molar-refractivity contribution in [2.24, 2.45) is 0 Å². The third-order valence-corrected chi connectivity index (χ3v) is 8.58. The lowest BCUT2D eigenvalue weighted by Gasteiger charge is -2.38. The Morgan fingerprint density at radius 3 is 2.33 bits per heavy atom. The number of ether oxygens (including phenoxy) is 5. The second kappa shape index (κ2) is 13.6. The lowest BCUT2D eigenvalue weighted by Crippen LogP contribution is -2.44. The standard InChI is InChI=1S/C35H44N2O6/c1-22(2)43-34-19-29-25(17-33(34)42-6)13-14-37(30(29)15-23-7-12-31(40-4)32(16-23)41-5)21-35(38)36-20-26-9-8-24-10-11-27(39-3)18-28(24)26/h7,10-12,16-19,22,26,30H,8-9,13-15,20-21H2,1-6H3,(H,36,38). The number of nitrogens with one attached hydrogen (secondary N) is 1. The summed E-state index contributed by atoms with van der Waals surface area (Å²) in [7, 11) is 6.65. The predicted molar refractivity (Wildman–Crippen MR) is 167 cm³/mol. The zero-order valence-electron chi connectivity index (χ0n) is 26.2. The van der Waals surface area contributed by atoms with Gasteiger partial charge in [-0.15, -0.1) is 0 Å². The van der Waals surface area contributed by atoms with Gasteiger partial charge in [-0.25, -0.2) is 0 Å². The van der Waals surface area contributed by atoms with Crippen LogP contribution >= 0.6 is 0 Å². The number of aryl methyl sites for hydroxylation is 1. The minimum atomic E-state index is -0.0375. The number of nitrogens with zero attached hydrogens (tertiary/aromatic N) is 1. The monoisotopic (exact) mass is 588 g/mol. The van der Waals surface area contributed by atoms with E-state index in [9.17, 15) is 4.79 Å². The molecule has 2 aliphatic rings. The summed E-state index contributed by atoms with van der Waals surface area (Å²) >= 11 is 0. The van der Waals surface area contributed by atoms with E-state index >= 15 is 0 Å². The smallest absolute Gasteiger partial charge is 0.234 e. The normalized spacial score (nSPS) is 17.7. The number of benzene rings is 3. The number of rotatable bonds is 12. The van der Waals surface area contributed by atoms with Crippen LogP contribution < -0.4 is 29.0 Å². The van der Waals surface area contributed by atoms with Crippen molar-refractivity contribution in [3.8, 4) is 28.7 Å². The molecule has 1 heterocycles. The highest BCUT2D eigenvalue weighted by Gasteiger charge is 2.32. The Morgan fingerprint density at radius 1 is 0.837 bits per heavy atom. The molecule has 1 N–H and O–H groups in total. The molecule has 1 amide bonds. The molecule has 230 valence electrons. The Morgan fingerprint density at radius 2 is 1.60 bits per heavy atom. The number of fused-ring (bicyclic) bond motifs is 2. The molecule has 0 aromatic heterocycles. The third kappa shape index (κ3) is 6.85. The Bertz CT molecular complexity index is 1440. The number of carbonyl (C=O) groups is 1. The first-order chi connectivity index (χ1) is 20.8. The van der Waals surface area contributed by atoms with Crippen LogP contribution in [0, 0.1) is 0 Å². The summed E-state index contributed by atoms with van der Waals surface area (Å²) in [4.78, 5) is 15.7. The second-order valence-electron chi connectivity index (χ2n) is 11.6. The maximum atomic E-state index is 13.5. The van der Waals surface area contributed by atoms with Crippen molar-refractivity contribution >= 4 is 5.91 Å². The summed E-state index contributed by atoms with van der Waals surface area (Å²) in [5.41, 5.74) is 6.09. The molecule has 1 aliphatic carbocycles. The van der Waals surface area contributed by atoms with Crippen LogP contribution in [0.5, 0.6) is 28.7 Å². The molecule has 8 heteroatoms. The Hall–Kier alpha value is -3.91. The molecule has 0 fully saturated rings. The largest absolute Gasteiger partial charge is 0.497 e. The highest BCUT2D eigenvalue weighted by atomic mass is 16.5. The van der Waals surface area contributed by atoms with Crippen LogP contribution in [-0.2, 0) is 24.1 Å². The Labute approximate surface area is 255 Å². The van der Waals surface area contributed by atoms with Gasteiger partial charge in [0, 0.05) is 25.0 Å². The highest BCUT2D eigenvalue weighted by molar-refractivity contribution is 5.78. The van der Waals surface area contributed by atoms with E-state index in [1.807, 2.05) is 32.0 Å². The van der Waals surface area contributed by atoms with Crippen LogP contribution in [0.1, 0.15) is 60.0 Å². The quantitative estimate of drug-likeness (QED) is 0.300. The number of amides is 1. The molecule has 0 saturated carbocycles. The summed E-state index contributed by atoms with van der Waals surface area (Å²) < 4.78 is 28.4. The third-order valence-electron chi connectivity index (χ3n) is 8.58. The summed E-state index contributed by atoms with van der Waals surface area (Å²) in [5.74, 6) is 4.01. The fourth-order valence-electron chi connectivity index (χ4n) is 6.41. The first kappa shape index (κ1) is 30.5. The molecule has 0 spiro atoms. The first-order valence-corrected chi connectivity index (χ1v) is 15.1. The van der Waals surface area contributed by atoms with Crippen molar-refractivity contribution in [3.63, 3.8) is 0 Å². The molecule has 2 atom stereocenters. The molecule has 0 bridgehead atoms. The summed E-state index contributed by atoms with van der Waals surface area (Å²) in [6.07, 6.45) is 3.58. The number of hydrogen-bond donors (Lipinski definition) is 1. The van der Waals surface area contributed by atoms with Crippen LogP contribution in [0.4, 0.5) is 0 Å². The Balaban J connectivity index is 1.38. The van der Waals surface area contributed by atoms with E-state index in [0.717, 1.165) is 54.2 Å². The van der Waals surface area contributed by atoms with E-state index in [-0.39, 0.29) is 18.1 Å². The van der Waals surface area contributed by atoms with Gasteiger partial charge in [0.1, 0.15) is 5.75 Å². The molecule has 0 saturated heterocycles. The van der Waals surface area contributed by atoms with Crippen LogP contribution in [0.15, 0.2) is 48.5 Å². The highest BCUT2D eigenvalue weighted by Crippen LogP contribution is 2.41. The molecular weight excluding hydrogens is 544 g/mol. The van der Waals surface area contributed by atoms with Gasteiger partial charge in [0.2, 0.25) is 5.91 Å². The van der Waals surface area contributed by atoms with Crippen molar-refractivity contribution in [2.45, 2.75) is 57.6 Å². The molecule has 43 heavy (non-hydrogen) atoms. The van der Waals surface area contributed by atoms with Gasteiger partial charge < -0.3 is 29.0 Å². The van der Waals surface area contributed by atoms with Crippen molar-refractivity contribution in [1.29, 1.82) is 0 Å². The molecule has 1 aliphatic heterocycles. The van der Waals surface area contributed by atoms with Gasteiger partial charge in [0.15, 0.2) is 23.0 Å². The summed E-state index contributed by atoms with van der Waals surface area (Å²) in [6, 6.07) is 16.5. The fourth-order valence-corrected chi connectivity index (χ4v) is 6.41. The topological polar surface area (TPSA) is 78.5 Å².